The van der Waals surface area contributed by atoms with Crippen LogP contribution in [0, 0.1) is 6.54 Å². The first-order valence-electron chi connectivity index (χ1n) is 5.72. The zero-order valence-electron chi connectivity index (χ0n) is 10.3. The van der Waals surface area contributed by atoms with E-state index in [1.807, 2.05) is 0 Å². The van der Waals surface area contributed by atoms with Gasteiger partial charge in [-0.25, -0.2) is 0 Å². The Morgan fingerprint density at radius 1 is 1.25 bits per heavy atom. The summed E-state index contributed by atoms with van der Waals surface area (Å²) < 4.78 is 0. The van der Waals surface area contributed by atoms with Crippen molar-refractivity contribution in [2.45, 2.75) is 6.04 Å². The fourth-order valence-electron chi connectivity index (χ4n) is 2.05. The standard InChI is InChI=1S/C13H20N3/c1-15(2)12-6-4-11(5-7-12)13-10-14-8-9-16(13)3/h4-7,9,13-14H,8,10H2,1-3H3. The second-order valence-electron chi connectivity index (χ2n) is 4.51. The first-order valence-corrected chi connectivity index (χ1v) is 5.72. The van der Waals surface area contributed by atoms with Gasteiger partial charge in [0.1, 0.15) is 0 Å². The second kappa shape index (κ2) is 4.85. The molecule has 3 heteroatoms. The van der Waals surface area contributed by atoms with E-state index in [9.17, 15) is 0 Å². The van der Waals surface area contributed by atoms with Gasteiger partial charge in [-0.05, 0) is 24.7 Å². The molecule has 1 atom stereocenters. The van der Waals surface area contributed by atoms with Crippen LogP contribution in [-0.2, 0) is 0 Å². The quantitative estimate of drug-likeness (QED) is 0.811. The summed E-state index contributed by atoms with van der Waals surface area (Å²) in [6, 6.07) is 9.26. The van der Waals surface area contributed by atoms with Crippen molar-refractivity contribution in [3.05, 3.63) is 36.4 Å². The number of rotatable bonds is 2. The Labute approximate surface area is 98.0 Å². The number of piperazine rings is 1. The fourth-order valence-corrected chi connectivity index (χ4v) is 2.05. The van der Waals surface area contributed by atoms with Gasteiger partial charge in [-0.1, -0.05) is 12.1 Å². The molecular formula is C13H20N3. The maximum Gasteiger partial charge on any atom is 0.0473 e. The third kappa shape index (κ3) is 2.36. The number of nitrogens with one attached hydrogen (secondary N) is 1. The molecular weight excluding hydrogens is 198 g/mol. The fraction of sp³-hybridized carbons (Fsp3) is 0.462. The van der Waals surface area contributed by atoms with E-state index in [0.29, 0.717) is 6.04 Å². The molecule has 0 saturated carbocycles. The van der Waals surface area contributed by atoms with Gasteiger partial charge in [-0.3, -0.25) is 4.90 Å². The first-order chi connectivity index (χ1) is 7.68. The van der Waals surface area contributed by atoms with Crippen LogP contribution in [0.15, 0.2) is 24.3 Å². The Morgan fingerprint density at radius 2 is 1.94 bits per heavy atom. The predicted molar refractivity (Wildman–Crippen MR) is 68.4 cm³/mol. The molecule has 1 aliphatic heterocycles. The summed E-state index contributed by atoms with van der Waals surface area (Å²) in [6.45, 7) is 4.20. The van der Waals surface area contributed by atoms with E-state index in [2.05, 4.69) is 67.1 Å². The molecule has 0 spiro atoms. The highest BCUT2D eigenvalue weighted by molar-refractivity contribution is 5.46. The lowest BCUT2D eigenvalue weighted by atomic mass is 10.0. The van der Waals surface area contributed by atoms with Gasteiger partial charge in [-0.15, -0.1) is 0 Å². The molecule has 87 valence electrons. The smallest absolute Gasteiger partial charge is 0.0473 e. The molecule has 0 aromatic heterocycles. The van der Waals surface area contributed by atoms with Crippen molar-refractivity contribution in [2.24, 2.45) is 0 Å². The number of hydrogen-bond donors (Lipinski definition) is 1. The lowest BCUT2D eigenvalue weighted by Crippen LogP contribution is -2.40. The summed E-state index contributed by atoms with van der Waals surface area (Å²) in [5, 5.41) is 3.39. The monoisotopic (exact) mass is 218 g/mol. The van der Waals surface area contributed by atoms with Crippen molar-refractivity contribution in [1.82, 2.24) is 10.2 Å². The maximum atomic E-state index is 3.39. The molecule has 0 aliphatic carbocycles. The zero-order valence-corrected chi connectivity index (χ0v) is 10.3. The lowest BCUT2D eigenvalue weighted by molar-refractivity contribution is 0.249. The molecule has 1 aromatic rings. The first kappa shape index (κ1) is 11.4. The Morgan fingerprint density at radius 3 is 2.50 bits per heavy atom. The van der Waals surface area contributed by atoms with Crippen molar-refractivity contribution in [1.29, 1.82) is 0 Å². The minimum atomic E-state index is 0.463. The normalized spacial score (nSPS) is 22.1. The van der Waals surface area contributed by atoms with Gasteiger partial charge in [0.2, 0.25) is 0 Å². The van der Waals surface area contributed by atoms with Crippen molar-refractivity contribution >= 4 is 5.69 Å². The molecule has 1 aromatic carbocycles. The Kier molecular flexibility index (Phi) is 3.46. The van der Waals surface area contributed by atoms with Gasteiger partial charge >= 0.3 is 0 Å². The van der Waals surface area contributed by atoms with Gasteiger partial charge < -0.3 is 10.2 Å². The van der Waals surface area contributed by atoms with E-state index in [1.54, 1.807) is 0 Å². The number of hydrogen-bond acceptors (Lipinski definition) is 3. The number of likely N-dealkylation sites (N-methyl/N-ethyl adjacent to an activating group) is 1. The number of nitrogens with zero attached hydrogens (tertiary/aromatic N) is 2. The molecule has 1 N–H and O–H groups in total. The molecule has 1 fully saturated rings. The minimum absolute atomic E-state index is 0.463. The SMILES string of the molecule is CN(C)c1ccc(C2CNC[CH]N2C)cc1. The van der Waals surface area contributed by atoms with Gasteiger partial charge in [0.15, 0.2) is 0 Å². The summed E-state index contributed by atoms with van der Waals surface area (Å²) in [5.41, 5.74) is 2.62. The third-order valence-corrected chi connectivity index (χ3v) is 3.15. The zero-order chi connectivity index (χ0) is 11.5. The molecule has 0 amide bonds. The van der Waals surface area contributed by atoms with Crippen molar-refractivity contribution in [3.8, 4) is 0 Å². The maximum absolute atomic E-state index is 3.39. The highest BCUT2D eigenvalue weighted by Crippen LogP contribution is 2.23. The van der Waals surface area contributed by atoms with Crippen LogP contribution in [-0.4, -0.2) is 39.1 Å². The van der Waals surface area contributed by atoms with Crippen LogP contribution < -0.4 is 10.2 Å². The minimum Gasteiger partial charge on any atom is -0.378 e. The third-order valence-electron chi connectivity index (χ3n) is 3.15. The summed E-state index contributed by atoms with van der Waals surface area (Å²) in [5.74, 6) is 0. The molecule has 1 radical (unpaired) electrons. The Bertz CT molecular complexity index is 332. The van der Waals surface area contributed by atoms with Crippen molar-refractivity contribution < 1.29 is 0 Å². The van der Waals surface area contributed by atoms with E-state index >= 15 is 0 Å². The van der Waals surface area contributed by atoms with E-state index in [1.165, 1.54) is 11.3 Å². The van der Waals surface area contributed by atoms with Crippen LogP contribution in [0.2, 0.25) is 0 Å². The number of anilines is 1. The van der Waals surface area contributed by atoms with Crippen molar-refractivity contribution in [2.75, 3.05) is 39.1 Å². The highest BCUT2D eigenvalue weighted by atomic mass is 15.2. The van der Waals surface area contributed by atoms with Crippen LogP contribution in [0.3, 0.4) is 0 Å². The van der Waals surface area contributed by atoms with Crippen LogP contribution in [0.4, 0.5) is 5.69 Å². The van der Waals surface area contributed by atoms with Crippen molar-refractivity contribution in [3.63, 3.8) is 0 Å². The van der Waals surface area contributed by atoms with E-state index in [4.69, 9.17) is 0 Å². The molecule has 16 heavy (non-hydrogen) atoms. The summed E-state index contributed by atoms with van der Waals surface area (Å²) in [7, 11) is 6.28. The average molecular weight is 218 g/mol. The van der Waals surface area contributed by atoms with Gasteiger partial charge in [0.05, 0.1) is 0 Å². The molecule has 2 rings (SSSR count). The van der Waals surface area contributed by atoms with Gasteiger partial charge in [-0.2, -0.15) is 0 Å². The molecule has 3 nitrogen and oxygen atoms in total. The van der Waals surface area contributed by atoms with Gasteiger partial charge in [0, 0.05) is 45.5 Å². The predicted octanol–water partition coefficient (Wildman–Crippen LogP) is 1.49. The van der Waals surface area contributed by atoms with Crippen LogP contribution in [0.1, 0.15) is 11.6 Å². The Hall–Kier alpha value is -1.06. The number of benzene rings is 1. The lowest BCUT2D eigenvalue weighted by Gasteiger charge is -2.33. The average Bonchev–Trinajstić information content (AvgIpc) is 2.30. The van der Waals surface area contributed by atoms with E-state index in [0.717, 1.165) is 13.1 Å². The Balaban J connectivity index is 2.14. The molecule has 1 unspecified atom stereocenters. The molecule has 1 aliphatic rings. The van der Waals surface area contributed by atoms with E-state index < -0.39 is 0 Å². The topological polar surface area (TPSA) is 18.5 Å². The summed E-state index contributed by atoms with van der Waals surface area (Å²) in [6.07, 6.45) is 0. The highest BCUT2D eigenvalue weighted by Gasteiger charge is 2.20. The summed E-state index contributed by atoms with van der Waals surface area (Å²) >= 11 is 0. The molecule has 1 heterocycles. The molecule has 1 saturated heterocycles. The van der Waals surface area contributed by atoms with E-state index in [-0.39, 0.29) is 0 Å². The summed E-state index contributed by atoms with van der Waals surface area (Å²) in [4.78, 5) is 4.42. The van der Waals surface area contributed by atoms with Crippen LogP contribution >= 0.6 is 0 Å². The van der Waals surface area contributed by atoms with Crippen LogP contribution in [0.5, 0.6) is 0 Å². The van der Waals surface area contributed by atoms with Crippen LogP contribution in [0.25, 0.3) is 0 Å². The molecule has 0 bridgehead atoms. The van der Waals surface area contributed by atoms with Gasteiger partial charge in [0.25, 0.3) is 0 Å². The second-order valence-corrected chi connectivity index (χ2v) is 4.51. The largest absolute Gasteiger partial charge is 0.378 e.